The van der Waals surface area contributed by atoms with Crippen molar-refractivity contribution in [1.82, 2.24) is 24.5 Å². The van der Waals surface area contributed by atoms with Crippen molar-refractivity contribution < 1.29 is 14.3 Å². The molecule has 4 aromatic rings. The highest BCUT2D eigenvalue weighted by Crippen LogP contribution is 2.29. The van der Waals surface area contributed by atoms with Crippen LogP contribution in [0.25, 0.3) is 27.9 Å². The van der Waals surface area contributed by atoms with Crippen LogP contribution in [0.2, 0.25) is 0 Å². The van der Waals surface area contributed by atoms with Gasteiger partial charge in [-0.05, 0) is 59.3 Å². The molecule has 170 valence electrons. The molecular formula is C23H23BrN6O3. The Kier molecular flexibility index (Phi) is 5.86. The number of aromatic nitrogens is 4. The number of fused-ring (bicyclic) bond motifs is 3. The number of rotatable bonds is 5. The Balaban J connectivity index is 1.58. The molecule has 9 nitrogen and oxygen atoms in total. The number of benzene rings is 2. The first-order valence-electron chi connectivity index (χ1n) is 10.7. The van der Waals surface area contributed by atoms with Crippen LogP contribution in [0.3, 0.4) is 0 Å². The second-order valence-corrected chi connectivity index (χ2v) is 8.63. The number of anilines is 1. The summed E-state index contributed by atoms with van der Waals surface area (Å²) >= 11 is 3.59. The number of para-hydroxylation sites is 1. The van der Waals surface area contributed by atoms with E-state index in [1.807, 2.05) is 49.4 Å². The molecular weight excluding hydrogens is 488 g/mol. The molecule has 1 aliphatic rings. The van der Waals surface area contributed by atoms with Crippen LogP contribution in [0.15, 0.2) is 46.9 Å². The lowest BCUT2D eigenvalue weighted by molar-refractivity contribution is -0.135. The van der Waals surface area contributed by atoms with Crippen LogP contribution in [-0.2, 0) is 9.53 Å². The third-order valence-electron chi connectivity index (χ3n) is 5.64. The summed E-state index contributed by atoms with van der Waals surface area (Å²) < 4.78 is 13.1. The monoisotopic (exact) mass is 510 g/mol. The maximum Gasteiger partial charge on any atom is 0.245 e. The molecule has 0 unspecified atom stereocenters. The van der Waals surface area contributed by atoms with E-state index < -0.39 is 6.04 Å². The molecule has 1 N–H and O–H groups in total. The van der Waals surface area contributed by atoms with Gasteiger partial charge in [-0.25, -0.2) is 9.97 Å². The summed E-state index contributed by atoms with van der Waals surface area (Å²) in [5, 5.41) is 8.84. The van der Waals surface area contributed by atoms with Gasteiger partial charge in [-0.3, -0.25) is 4.79 Å². The number of methoxy groups -OCH3 is 1. The van der Waals surface area contributed by atoms with Crippen molar-refractivity contribution in [3.63, 3.8) is 0 Å². The summed E-state index contributed by atoms with van der Waals surface area (Å²) in [6.45, 7) is 4.11. The standard InChI is InChI=1S/C23H23BrN6O3/c1-14(22(31)29-10-12-33-13-11-29)25-23-26-19-17(4-3-5-18(19)24)21-27-20(28-30(21)23)15-6-8-16(32-2)9-7-15/h3-9,14H,10-13H2,1-2H3,(H,25,26)/t14-/m1/s1. The normalized spacial score (nSPS) is 15.1. The van der Waals surface area contributed by atoms with Crippen LogP contribution in [0.1, 0.15) is 6.92 Å². The molecule has 0 aliphatic carbocycles. The lowest BCUT2D eigenvalue weighted by Gasteiger charge is -2.29. The van der Waals surface area contributed by atoms with E-state index in [4.69, 9.17) is 24.5 Å². The summed E-state index contributed by atoms with van der Waals surface area (Å²) in [5.41, 5.74) is 2.25. The van der Waals surface area contributed by atoms with Crippen LogP contribution in [0.5, 0.6) is 5.75 Å². The molecule has 0 saturated carbocycles. The molecule has 0 radical (unpaired) electrons. The zero-order chi connectivity index (χ0) is 22.9. The van der Waals surface area contributed by atoms with Gasteiger partial charge in [0.1, 0.15) is 11.8 Å². The van der Waals surface area contributed by atoms with E-state index in [1.54, 1.807) is 16.5 Å². The molecule has 2 aromatic heterocycles. The molecule has 33 heavy (non-hydrogen) atoms. The van der Waals surface area contributed by atoms with E-state index in [1.165, 1.54) is 0 Å². The fraction of sp³-hybridized carbons (Fsp3) is 0.304. The van der Waals surface area contributed by atoms with Crippen molar-refractivity contribution >= 4 is 44.3 Å². The second-order valence-electron chi connectivity index (χ2n) is 7.77. The third-order valence-corrected chi connectivity index (χ3v) is 6.28. The average molecular weight is 511 g/mol. The van der Waals surface area contributed by atoms with Crippen LogP contribution in [-0.4, -0.2) is 69.8 Å². The van der Waals surface area contributed by atoms with Crippen molar-refractivity contribution in [2.24, 2.45) is 0 Å². The number of carbonyl (C=O) groups is 1. The van der Waals surface area contributed by atoms with E-state index >= 15 is 0 Å². The van der Waals surface area contributed by atoms with Gasteiger partial charge in [0, 0.05) is 28.5 Å². The predicted molar refractivity (Wildman–Crippen MR) is 128 cm³/mol. The topological polar surface area (TPSA) is 93.9 Å². The molecule has 1 fully saturated rings. The number of nitrogens with zero attached hydrogens (tertiary/aromatic N) is 5. The van der Waals surface area contributed by atoms with Gasteiger partial charge < -0.3 is 19.7 Å². The molecule has 1 atom stereocenters. The minimum Gasteiger partial charge on any atom is -0.497 e. The van der Waals surface area contributed by atoms with Gasteiger partial charge in [0.15, 0.2) is 11.5 Å². The first kappa shape index (κ1) is 21.6. The molecule has 2 aromatic carbocycles. The van der Waals surface area contributed by atoms with E-state index in [9.17, 15) is 4.79 Å². The number of carbonyl (C=O) groups excluding carboxylic acids is 1. The van der Waals surface area contributed by atoms with Crippen molar-refractivity contribution in [2.75, 3.05) is 38.7 Å². The highest BCUT2D eigenvalue weighted by Gasteiger charge is 2.24. The Bertz CT molecular complexity index is 1320. The van der Waals surface area contributed by atoms with E-state index in [-0.39, 0.29) is 5.91 Å². The molecule has 1 amide bonds. The zero-order valence-corrected chi connectivity index (χ0v) is 19.9. The van der Waals surface area contributed by atoms with Crippen LogP contribution >= 0.6 is 15.9 Å². The number of nitrogens with one attached hydrogen (secondary N) is 1. The Labute approximate surface area is 198 Å². The number of amides is 1. The molecule has 3 heterocycles. The van der Waals surface area contributed by atoms with Gasteiger partial charge >= 0.3 is 0 Å². The quantitative estimate of drug-likeness (QED) is 0.439. The molecule has 1 aliphatic heterocycles. The van der Waals surface area contributed by atoms with E-state index in [0.717, 1.165) is 26.7 Å². The average Bonchev–Trinajstić information content (AvgIpc) is 3.31. The summed E-state index contributed by atoms with van der Waals surface area (Å²) in [4.78, 5) is 24.4. The predicted octanol–water partition coefficient (Wildman–Crippen LogP) is 3.37. The van der Waals surface area contributed by atoms with Crippen molar-refractivity contribution in [1.29, 1.82) is 0 Å². The van der Waals surface area contributed by atoms with Gasteiger partial charge in [0.25, 0.3) is 0 Å². The Morgan fingerprint density at radius 3 is 2.64 bits per heavy atom. The Hall–Kier alpha value is -3.24. The van der Waals surface area contributed by atoms with Gasteiger partial charge in [-0.15, -0.1) is 5.10 Å². The molecule has 5 rings (SSSR count). The smallest absolute Gasteiger partial charge is 0.245 e. The van der Waals surface area contributed by atoms with Crippen LogP contribution in [0, 0.1) is 0 Å². The highest BCUT2D eigenvalue weighted by atomic mass is 79.9. The molecule has 1 saturated heterocycles. The maximum atomic E-state index is 13.0. The lowest BCUT2D eigenvalue weighted by atomic mass is 10.2. The summed E-state index contributed by atoms with van der Waals surface area (Å²) in [6, 6.07) is 12.9. The molecule has 0 spiro atoms. The van der Waals surface area contributed by atoms with Gasteiger partial charge in [-0.1, -0.05) is 6.07 Å². The van der Waals surface area contributed by atoms with Gasteiger partial charge in [-0.2, -0.15) is 4.52 Å². The van der Waals surface area contributed by atoms with Crippen molar-refractivity contribution in [3.8, 4) is 17.1 Å². The minimum atomic E-state index is -0.493. The first-order chi connectivity index (χ1) is 16.0. The SMILES string of the molecule is COc1ccc(-c2nc3c4cccc(Br)c4nc(N[C@H](C)C(=O)N4CCOCC4)n3n2)cc1. The zero-order valence-electron chi connectivity index (χ0n) is 18.3. The van der Waals surface area contributed by atoms with Crippen LogP contribution in [0.4, 0.5) is 5.95 Å². The third kappa shape index (κ3) is 4.11. The Morgan fingerprint density at radius 2 is 1.91 bits per heavy atom. The van der Waals surface area contributed by atoms with Crippen molar-refractivity contribution in [2.45, 2.75) is 13.0 Å². The Morgan fingerprint density at radius 1 is 1.15 bits per heavy atom. The number of ether oxygens (including phenoxy) is 2. The fourth-order valence-electron chi connectivity index (χ4n) is 3.87. The number of halogens is 1. The van der Waals surface area contributed by atoms with Gasteiger partial charge in [0.05, 0.1) is 25.8 Å². The lowest BCUT2D eigenvalue weighted by Crippen LogP contribution is -2.47. The van der Waals surface area contributed by atoms with E-state index in [2.05, 4.69) is 21.2 Å². The minimum absolute atomic E-state index is 0.00373. The summed E-state index contributed by atoms with van der Waals surface area (Å²) in [5.74, 6) is 1.76. The summed E-state index contributed by atoms with van der Waals surface area (Å²) in [6.07, 6.45) is 0. The number of hydrogen-bond acceptors (Lipinski definition) is 7. The first-order valence-corrected chi connectivity index (χ1v) is 11.5. The second kappa shape index (κ2) is 8.95. The largest absolute Gasteiger partial charge is 0.497 e. The highest BCUT2D eigenvalue weighted by molar-refractivity contribution is 9.10. The number of morpholine rings is 1. The van der Waals surface area contributed by atoms with Crippen LogP contribution < -0.4 is 10.1 Å². The molecule has 0 bridgehead atoms. The molecule has 10 heteroatoms. The van der Waals surface area contributed by atoms with Crippen molar-refractivity contribution in [3.05, 3.63) is 46.9 Å². The summed E-state index contributed by atoms with van der Waals surface area (Å²) in [7, 11) is 1.63. The number of hydrogen-bond donors (Lipinski definition) is 1. The fourth-order valence-corrected chi connectivity index (χ4v) is 4.32. The van der Waals surface area contributed by atoms with Gasteiger partial charge in [0.2, 0.25) is 11.9 Å². The maximum absolute atomic E-state index is 13.0. The van der Waals surface area contributed by atoms with E-state index in [0.29, 0.717) is 43.7 Å².